The summed E-state index contributed by atoms with van der Waals surface area (Å²) in [5, 5.41) is 14.9. The first kappa shape index (κ1) is 10.9. The van der Waals surface area contributed by atoms with Crippen LogP contribution in [-0.2, 0) is 0 Å². The predicted molar refractivity (Wildman–Crippen MR) is 47.7 cm³/mol. The minimum Gasteiger partial charge on any atom is -0.396 e. The van der Waals surface area contributed by atoms with Crippen LogP contribution in [0.25, 0.3) is 0 Å². The van der Waals surface area contributed by atoms with Crippen molar-refractivity contribution < 1.29 is 5.11 Å². The van der Waals surface area contributed by atoms with Gasteiger partial charge in [0.05, 0.1) is 0 Å². The molecule has 0 amide bonds. The first-order chi connectivity index (χ1) is 5.41. The Morgan fingerprint density at radius 3 is 2.36 bits per heavy atom. The second-order valence-electron chi connectivity index (χ2n) is 2.64. The van der Waals surface area contributed by atoms with Gasteiger partial charge < -0.3 is 15.7 Å². The van der Waals surface area contributed by atoms with Crippen molar-refractivity contribution in [1.82, 2.24) is 10.6 Å². The fourth-order valence-corrected chi connectivity index (χ4v) is 0.877. The van der Waals surface area contributed by atoms with E-state index in [1.807, 2.05) is 7.05 Å². The van der Waals surface area contributed by atoms with E-state index in [-0.39, 0.29) is 0 Å². The third kappa shape index (κ3) is 9.88. The molecule has 3 heteroatoms. The van der Waals surface area contributed by atoms with Crippen LogP contribution in [0.1, 0.15) is 19.3 Å². The van der Waals surface area contributed by atoms with Gasteiger partial charge in [0.2, 0.25) is 0 Å². The molecule has 0 spiro atoms. The van der Waals surface area contributed by atoms with Gasteiger partial charge in [0.25, 0.3) is 0 Å². The quantitative estimate of drug-likeness (QED) is 0.436. The normalized spacial score (nSPS) is 10.4. The average molecular weight is 160 g/mol. The van der Waals surface area contributed by atoms with E-state index in [2.05, 4.69) is 10.6 Å². The lowest BCUT2D eigenvalue weighted by Crippen LogP contribution is -2.20. The Morgan fingerprint density at radius 2 is 1.73 bits per heavy atom. The van der Waals surface area contributed by atoms with Gasteiger partial charge in [0.1, 0.15) is 0 Å². The number of aliphatic hydroxyl groups excluding tert-OH is 1. The zero-order valence-corrected chi connectivity index (χ0v) is 7.40. The monoisotopic (exact) mass is 160 g/mol. The summed E-state index contributed by atoms with van der Waals surface area (Å²) >= 11 is 0. The van der Waals surface area contributed by atoms with Gasteiger partial charge in [-0.15, -0.1) is 0 Å². The fourth-order valence-electron chi connectivity index (χ4n) is 0.877. The minimum atomic E-state index is 0.318. The van der Waals surface area contributed by atoms with Crippen molar-refractivity contribution in [2.75, 3.05) is 33.3 Å². The Balaban J connectivity index is 2.69. The standard InChI is InChI=1S/C8H20N2O/c1-9-5-4-7-10-6-2-3-8-11/h9-11H,2-8H2,1H3. The minimum absolute atomic E-state index is 0.318. The summed E-state index contributed by atoms with van der Waals surface area (Å²) in [4.78, 5) is 0. The molecule has 0 aromatic rings. The van der Waals surface area contributed by atoms with E-state index in [9.17, 15) is 0 Å². The van der Waals surface area contributed by atoms with Crippen LogP contribution in [0.4, 0.5) is 0 Å². The van der Waals surface area contributed by atoms with Crippen LogP contribution in [0.2, 0.25) is 0 Å². The SMILES string of the molecule is CNCCCNCCCCO. The molecule has 11 heavy (non-hydrogen) atoms. The van der Waals surface area contributed by atoms with Crippen molar-refractivity contribution in [3.05, 3.63) is 0 Å². The molecule has 0 heterocycles. The van der Waals surface area contributed by atoms with Crippen molar-refractivity contribution in [1.29, 1.82) is 0 Å². The van der Waals surface area contributed by atoms with E-state index in [0.717, 1.165) is 32.5 Å². The van der Waals surface area contributed by atoms with Gasteiger partial charge in [-0.3, -0.25) is 0 Å². The molecular formula is C8H20N2O. The van der Waals surface area contributed by atoms with Crippen LogP contribution in [0, 0.1) is 0 Å². The van der Waals surface area contributed by atoms with Gasteiger partial charge in [-0.05, 0) is 45.9 Å². The Kier molecular flexibility index (Phi) is 9.77. The number of aliphatic hydroxyl groups is 1. The molecule has 0 aliphatic rings. The summed E-state index contributed by atoms with van der Waals surface area (Å²) in [6, 6.07) is 0. The number of unbranched alkanes of at least 4 members (excludes halogenated alkanes) is 1. The number of hydrogen-bond acceptors (Lipinski definition) is 3. The number of hydrogen-bond donors (Lipinski definition) is 3. The molecule has 0 saturated carbocycles. The molecule has 0 aromatic carbocycles. The third-order valence-corrected chi connectivity index (χ3v) is 1.54. The van der Waals surface area contributed by atoms with Gasteiger partial charge in [-0.1, -0.05) is 0 Å². The summed E-state index contributed by atoms with van der Waals surface area (Å²) in [5.74, 6) is 0. The Morgan fingerprint density at radius 1 is 1.00 bits per heavy atom. The first-order valence-corrected chi connectivity index (χ1v) is 4.38. The maximum atomic E-state index is 8.47. The zero-order chi connectivity index (χ0) is 8.36. The largest absolute Gasteiger partial charge is 0.396 e. The molecule has 0 aromatic heterocycles. The summed E-state index contributed by atoms with van der Waals surface area (Å²) in [6.07, 6.45) is 3.17. The number of nitrogens with one attached hydrogen (secondary N) is 2. The van der Waals surface area contributed by atoms with E-state index >= 15 is 0 Å². The molecule has 0 unspecified atom stereocenters. The predicted octanol–water partition coefficient (Wildman–Crippen LogP) is -0.0420. The molecule has 68 valence electrons. The topological polar surface area (TPSA) is 44.3 Å². The van der Waals surface area contributed by atoms with Crippen molar-refractivity contribution in [3.63, 3.8) is 0 Å². The lowest BCUT2D eigenvalue weighted by atomic mass is 10.3. The summed E-state index contributed by atoms with van der Waals surface area (Å²) in [6.45, 7) is 3.50. The average Bonchev–Trinajstić information content (AvgIpc) is 2.03. The molecular weight excluding hydrogens is 140 g/mol. The molecule has 0 atom stereocenters. The van der Waals surface area contributed by atoms with Crippen LogP contribution in [0.5, 0.6) is 0 Å². The molecule has 0 bridgehead atoms. The van der Waals surface area contributed by atoms with Gasteiger partial charge >= 0.3 is 0 Å². The Labute approximate surface area is 69.2 Å². The molecule has 0 fully saturated rings. The van der Waals surface area contributed by atoms with Gasteiger partial charge in [0.15, 0.2) is 0 Å². The van der Waals surface area contributed by atoms with Crippen LogP contribution in [-0.4, -0.2) is 38.4 Å². The lowest BCUT2D eigenvalue weighted by Gasteiger charge is -2.02. The molecule has 3 N–H and O–H groups in total. The van der Waals surface area contributed by atoms with E-state index in [4.69, 9.17) is 5.11 Å². The second kappa shape index (κ2) is 9.88. The summed E-state index contributed by atoms with van der Waals surface area (Å²) in [7, 11) is 1.96. The van der Waals surface area contributed by atoms with Crippen LogP contribution >= 0.6 is 0 Å². The van der Waals surface area contributed by atoms with Gasteiger partial charge in [0, 0.05) is 6.61 Å². The molecule has 0 saturated heterocycles. The third-order valence-electron chi connectivity index (χ3n) is 1.54. The highest BCUT2D eigenvalue weighted by Gasteiger charge is 1.87. The van der Waals surface area contributed by atoms with Crippen molar-refractivity contribution in [3.8, 4) is 0 Å². The van der Waals surface area contributed by atoms with Crippen LogP contribution < -0.4 is 10.6 Å². The van der Waals surface area contributed by atoms with Crippen LogP contribution in [0.3, 0.4) is 0 Å². The summed E-state index contributed by atoms with van der Waals surface area (Å²) < 4.78 is 0. The van der Waals surface area contributed by atoms with Crippen molar-refractivity contribution >= 4 is 0 Å². The van der Waals surface area contributed by atoms with E-state index in [1.165, 1.54) is 6.42 Å². The Hall–Kier alpha value is -0.120. The highest BCUT2D eigenvalue weighted by molar-refractivity contribution is 4.49. The van der Waals surface area contributed by atoms with E-state index < -0.39 is 0 Å². The zero-order valence-electron chi connectivity index (χ0n) is 7.40. The Bertz CT molecular complexity index is 61.1. The second-order valence-corrected chi connectivity index (χ2v) is 2.64. The fraction of sp³-hybridized carbons (Fsp3) is 1.00. The maximum absolute atomic E-state index is 8.47. The van der Waals surface area contributed by atoms with Crippen LogP contribution in [0.15, 0.2) is 0 Å². The molecule has 0 aliphatic carbocycles. The molecule has 0 radical (unpaired) electrons. The number of rotatable bonds is 8. The highest BCUT2D eigenvalue weighted by atomic mass is 16.2. The molecule has 0 aliphatic heterocycles. The molecule has 0 rings (SSSR count). The molecule has 3 nitrogen and oxygen atoms in total. The van der Waals surface area contributed by atoms with Gasteiger partial charge in [-0.25, -0.2) is 0 Å². The van der Waals surface area contributed by atoms with Crippen molar-refractivity contribution in [2.45, 2.75) is 19.3 Å². The van der Waals surface area contributed by atoms with Gasteiger partial charge in [-0.2, -0.15) is 0 Å². The maximum Gasteiger partial charge on any atom is 0.0431 e. The van der Waals surface area contributed by atoms with E-state index in [0.29, 0.717) is 6.61 Å². The first-order valence-electron chi connectivity index (χ1n) is 4.38. The van der Waals surface area contributed by atoms with Crippen molar-refractivity contribution in [2.24, 2.45) is 0 Å². The smallest absolute Gasteiger partial charge is 0.0431 e. The highest BCUT2D eigenvalue weighted by Crippen LogP contribution is 1.83. The lowest BCUT2D eigenvalue weighted by molar-refractivity contribution is 0.283. The van der Waals surface area contributed by atoms with E-state index in [1.54, 1.807) is 0 Å². The summed E-state index contributed by atoms with van der Waals surface area (Å²) in [5.41, 5.74) is 0.